The SMILES string of the molecule is CCN1CCN(c2ccc3c(n2)CCC(=O)C(c2cn4cccc(F)c4n2)=C3)CC1. The van der Waals surface area contributed by atoms with Crippen LogP contribution in [0, 0.1) is 5.82 Å². The molecule has 0 atom stereocenters. The number of pyridine rings is 2. The van der Waals surface area contributed by atoms with Gasteiger partial charge in [-0.2, -0.15) is 0 Å². The number of anilines is 1. The highest BCUT2D eigenvalue weighted by molar-refractivity contribution is 6.25. The van der Waals surface area contributed by atoms with Crippen LogP contribution in [0.4, 0.5) is 10.2 Å². The number of hydrogen-bond acceptors (Lipinski definition) is 5. The summed E-state index contributed by atoms with van der Waals surface area (Å²) in [6.45, 7) is 7.28. The van der Waals surface area contributed by atoms with Crippen LogP contribution >= 0.6 is 0 Å². The highest BCUT2D eigenvalue weighted by Crippen LogP contribution is 2.28. The maximum atomic E-state index is 14.0. The number of rotatable bonds is 3. The zero-order chi connectivity index (χ0) is 20.7. The van der Waals surface area contributed by atoms with E-state index in [1.165, 1.54) is 6.07 Å². The van der Waals surface area contributed by atoms with Gasteiger partial charge in [-0.05, 0) is 48.9 Å². The fourth-order valence-electron chi connectivity index (χ4n) is 4.23. The summed E-state index contributed by atoms with van der Waals surface area (Å²) < 4.78 is 15.7. The minimum atomic E-state index is -0.403. The van der Waals surface area contributed by atoms with E-state index in [2.05, 4.69) is 21.7 Å². The molecule has 0 unspecified atom stereocenters. The number of hydrogen-bond donors (Lipinski definition) is 0. The summed E-state index contributed by atoms with van der Waals surface area (Å²) in [4.78, 5) is 26.9. The average molecular weight is 405 g/mol. The van der Waals surface area contributed by atoms with Crippen LogP contribution in [0.15, 0.2) is 36.7 Å². The molecule has 0 saturated carbocycles. The van der Waals surface area contributed by atoms with Gasteiger partial charge in [0.2, 0.25) is 0 Å². The standard InChI is InChI=1S/C23H24FN5O/c1-2-27-10-12-28(13-11-27)22-8-5-16-14-17(21(30)7-6-19(16)25-22)20-15-29-9-3-4-18(24)23(29)26-20/h3-5,8-9,14-15H,2,6-7,10-13H2,1H3. The summed E-state index contributed by atoms with van der Waals surface area (Å²) in [6, 6.07) is 7.07. The van der Waals surface area contributed by atoms with Crippen LogP contribution in [0.2, 0.25) is 0 Å². The second kappa shape index (κ2) is 7.65. The molecule has 0 N–H and O–H groups in total. The molecule has 5 rings (SSSR count). The van der Waals surface area contributed by atoms with E-state index in [0.717, 1.165) is 49.8 Å². The summed E-state index contributed by atoms with van der Waals surface area (Å²) in [7, 11) is 0. The van der Waals surface area contributed by atoms with Crippen molar-refractivity contribution in [1.82, 2.24) is 19.3 Å². The Morgan fingerprint density at radius 2 is 1.90 bits per heavy atom. The number of ketones is 1. The van der Waals surface area contributed by atoms with Crippen LogP contribution < -0.4 is 4.90 Å². The van der Waals surface area contributed by atoms with Crippen molar-refractivity contribution >= 4 is 28.9 Å². The Morgan fingerprint density at radius 1 is 1.07 bits per heavy atom. The molecule has 1 aliphatic carbocycles. The van der Waals surface area contributed by atoms with Crippen molar-refractivity contribution in [3.8, 4) is 0 Å². The maximum Gasteiger partial charge on any atom is 0.173 e. The van der Waals surface area contributed by atoms with Crippen molar-refractivity contribution in [3.63, 3.8) is 0 Å². The molecule has 1 saturated heterocycles. The Labute approximate surface area is 174 Å². The number of aryl methyl sites for hydroxylation is 1. The Morgan fingerprint density at radius 3 is 2.67 bits per heavy atom. The first-order valence-corrected chi connectivity index (χ1v) is 10.5. The third-order valence-corrected chi connectivity index (χ3v) is 6.04. The number of fused-ring (bicyclic) bond motifs is 2. The maximum absolute atomic E-state index is 14.0. The van der Waals surface area contributed by atoms with Gasteiger partial charge in [-0.25, -0.2) is 14.4 Å². The van der Waals surface area contributed by atoms with Crippen molar-refractivity contribution in [2.24, 2.45) is 0 Å². The summed E-state index contributed by atoms with van der Waals surface area (Å²) >= 11 is 0. The molecule has 0 radical (unpaired) electrons. The number of nitrogens with zero attached hydrogens (tertiary/aromatic N) is 5. The molecule has 0 bridgehead atoms. The van der Waals surface area contributed by atoms with Crippen LogP contribution in [-0.4, -0.2) is 57.8 Å². The molecule has 154 valence electrons. The largest absolute Gasteiger partial charge is 0.354 e. The summed E-state index contributed by atoms with van der Waals surface area (Å²) in [5, 5.41) is 0. The fourth-order valence-corrected chi connectivity index (χ4v) is 4.23. The van der Waals surface area contributed by atoms with Gasteiger partial charge in [-0.1, -0.05) is 6.92 Å². The zero-order valence-electron chi connectivity index (χ0n) is 17.0. The van der Waals surface area contributed by atoms with Crippen LogP contribution in [0.3, 0.4) is 0 Å². The molecule has 3 aromatic rings. The van der Waals surface area contributed by atoms with Crippen molar-refractivity contribution in [2.45, 2.75) is 19.8 Å². The molecule has 0 aromatic carbocycles. The van der Waals surface area contributed by atoms with Gasteiger partial charge in [0, 0.05) is 50.6 Å². The molecular formula is C23H24FN5O. The van der Waals surface area contributed by atoms with Gasteiger partial charge in [0.05, 0.1) is 11.4 Å². The molecule has 30 heavy (non-hydrogen) atoms. The number of imidazole rings is 1. The lowest BCUT2D eigenvalue weighted by atomic mass is 10.1. The quantitative estimate of drug-likeness (QED) is 0.670. The minimum absolute atomic E-state index is 0.00919. The lowest BCUT2D eigenvalue weighted by Crippen LogP contribution is -2.46. The number of halogens is 1. The van der Waals surface area contributed by atoms with E-state index in [-0.39, 0.29) is 11.4 Å². The van der Waals surface area contributed by atoms with Gasteiger partial charge in [0.15, 0.2) is 17.2 Å². The predicted molar refractivity (Wildman–Crippen MR) is 115 cm³/mol. The second-order valence-corrected chi connectivity index (χ2v) is 7.82. The number of piperazine rings is 1. The van der Waals surface area contributed by atoms with E-state index < -0.39 is 5.82 Å². The molecular weight excluding hydrogens is 381 g/mol. The normalized spacial score (nSPS) is 17.7. The van der Waals surface area contributed by atoms with Gasteiger partial charge in [0.25, 0.3) is 0 Å². The summed E-state index contributed by atoms with van der Waals surface area (Å²) in [5.41, 5.74) is 3.11. The summed E-state index contributed by atoms with van der Waals surface area (Å²) in [5.74, 6) is 0.582. The van der Waals surface area contributed by atoms with Gasteiger partial charge in [0.1, 0.15) is 5.82 Å². The fraction of sp³-hybridized carbons (Fsp3) is 0.348. The monoisotopic (exact) mass is 405 g/mol. The molecule has 0 spiro atoms. The van der Waals surface area contributed by atoms with Crippen LogP contribution in [0.1, 0.15) is 30.3 Å². The van der Waals surface area contributed by atoms with Gasteiger partial charge < -0.3 is 14.2 Å². The minimum Gasteiger partial charge on any atom is -0.354 e. The third-order valence-electron chi connectivity index (χ3n) is 6.04. The van der Waals surface area contributed by atoms with Crippen molar-refractivity contribution in [1.29, 1.82) is 0 Å². The molecule has 4 heterocycles. The highest BCUT2D eigenvalue weighted by Gasteiger charge is 2.23. The van der Waals surface area contributed by atoms with Gasteiger partial charge in [-0.15, -0.1) is 0 Å². The van der Waals surface area contributed by atoms with Crippen LogP contribution in [-0.2, 0) is 11.2 Å². The molecule has 2 aliphatic rings. The smallest absolute Gasteiger partial charge is 0.173 e. The number of aromatic nitrogens is 3. The van der Waals surface area contributed by atoms with Crippen molar-refractivity contribution in [2.75, 3.05) is 37.6 Å². The summed E-state index contributed by atoms with van der Waals surface area (Å²) in [6.07, 6.45) is 6.27. The lowest BCUT2D eigenvalue weighted by molar-refractivity contribution is -0.113. The second-order valence-electron chi connectivity index (χ2n) is 7.82. The van der Waals surface area contributed by atoms with Gasteiger partial charge in [-0.3, -0.25) is 4.79 Å². The first kappa shape index (κ1) is 18.9. The molecule has 3 aromatic heterocycles. The van der Waals surface area contributed by atoms with E-state index >= 15 is 0 Å². The van der Waals surface area contributed by atoms with Gasteiger partial charge >= 0.3 is 0 Å². The number of Topliss-reactive ketones (excluding diaryl/α,β-unsaturated/α-hetero) is 1. The van der Waals surface area contributed by atoms with E-state index in [1.807, 2.05) is 18.2 Å². The topological polar surface area (TPSA) is 53.7 Å². The third kappa shape index (κ3) is 3.39. The Kier molecular flexibility index (Phi) is 4.83. The first-order chi connectivity index (χ1) is 14.6. The molecule has 7 heteroatoms. The van der Waals surface area contributed by atoms with Crippen molar-refractivity contribution < 1.29 is 9.18 Å². The Hall–Kier alpha value is -3.06. The lowest BCUT2D eigenvalue weighted by Gasteiger charge is -2.35. The van der Waals surface area contributed by atoms with E-state index in [9.17, 15) is 9.18 Å². The number of carbonyl (C=O) groups excluding carboxylic acids is 1. The Bertz CT molecular complexity index is 1140. The van der Waals surface area contributed by atoms with E-state index in [0.29, 0.717) is 24.1 Å². The predicted octanol–water partition coefficient (Wildman–Crippen LogP) is 3.07. The molecule has 1 aliphatic heterocycles. The molecule has 6 nitrogen and oxygen atoms in total. The van der Waals surface area contributed by atoms with Crippen LogP contribution in [0.25, 0.3) is 17.3 Å². The number of likely N-dealkylation sites (N-methyl/N-ethyl adjacent to an activating group) is 1. The number of allylic oxidation sites excluding steroid dienone is 1. The Balaban J connectivity index is 1.47. The van der Waals surface area contributed by atoms with Crippen molar-refractivity contribution in [3.05, 3.63) is 59.4 Å². The molecule has 1 fully saturated rings. The molecule has 0 amide bonds. The van der Waals surface area contributed by atoms with Crippen LogP contribution in [0.5, 0.6) is 0 Å². The first-order valence-electron chi connectivity index (χ1n) is 10.5. The van der Waals surface area contributed by atoms with E-state index in [1.54, 1.807) is 22.9 Å². The number of carbonyl (C=O) groups is 1. The average Bonchev–Trinajstić information content (AvgIpc) is 3.14. The van der Waals surface area contributed by atoms with E-state index in [4.69, 9.17) is 4.98 Å². The highest BCUT2D eigenvalue weighted by atomic mass is 19.1. The zero-order valence-corrected chi connectivity index (χ0v) is 17.0.